The number of fused-ring (bicyclic) bond motifs is 2. The van der Waals surface area contributed by atoms with Gasteiger partial charge in [0.15, 0.2) is 5.65 Å². The molecule has 1 unspecified atom stereocenters. The summed E-state index contributed by atoms with van der Waals surface area (Å²) in [6, 6.07) is 16.9. The van der Waals surface area contributed by atoms with Crippen molar-refractivity contribution in [1.82, 2.24) is 29.5 Å². The van der Waals surface area contributed by atoms with E-state index in [1.54, 1.807) is 10.8 Å². The molecular formula is C26H25N7. The number of H-pyrrole nitrogens is 1. The van der Waals surface area contributed by atoms with Crippen LogP contribution in [0.2, 0.25) is 0 Å². The molecule has 0 radical (unpaired) electrons. The Morgan fingerprint density at radius 3 is 2.94 bits per heavy atom. The molecule has 1 aromatic carbocycles. The minimum absolute atomic E-state index is 0.188. The molecule has 164 valence electrons. The quantitative estimate of drug-likeness (QED) is 0.431. The van der Waals surface area contributed by atoms with E-state index in [1.807, 2.05) is 43.5 Å². The number of pyridine rings is 2. The van der Waals surface area contributed by atoms with Crippen molar-refractivity contribution in [2.24, 2.45) is 5.73 Å². The van der Waals surface area contributed by atoms with Gasteiger partial charge in [-0.1, -0.05) is 24.3 Å². The topological polar surface area (TPSA) is 97.8 Å². The maximum Gasteiger partial charge on any atom is 0.155 e. The summed E-state index contributed by atoms with van der Waals surface area (Å²) in [6.45, 7) is 2.00. The van der Waals surface area contributed by atoms with Crippen molar-refractivity contribution in [2.75, 3.05) is 0 Å². The summed E-state index contributed by atoms with van der Waals surface area (Å²) in [7, 11) is 0. The van der Waals surface area contributed by atoms with Gasteiger partial charge in [-0.2, -0.15) is 5.10 Å². The molecule has 0 fully saturated rings. The lowest BCUT2D eigenvalue weighted by Crippen LogP contribution is -2.05. The lowest BCUT2D eigenvalue weighted by molar-refractivity contribution is 0.713. The number of aryl methyl sites for hydroxylation is 4. The molecule has 0 saturated carbocycles. The molecule has 0 spiro atoms. The monoisotopic (exact) mass is 435 g/mol. The molecule has 6 rings (SSSR count). The first-order chi connectivity index (χ1) is 16.1. The van der Waals surface area contributed by atoms with Crippen LogP contribution >= 0.6 is 0 Å². The van der Waals surface area contributed by atoms with E-state index in [1.165, 1.54) is 16.7 Å². The van der Waals surface area contributed by atoms with Crippen molar-refractivity contribution in [1.29, 1.82) is 0 Å². The normalized spacial score (nSPS) is 15.3. The van der Waals surface area contributed by atoms with Gasteiger partial charge in [-0.25, -0.2) is 14.5 Å². The number of aromatic nitrogens is 6. The fourth-order valence-corrected chi connectivity index (χ4v) is 4.70. The lowest BCUT2D eigenvalue weighted by atomic mass is 10.0. The van der Waals surface area contributed by atoms with E-state index in [4.69, 9.17) is 15.7 Å². The van der Waals surface area contributed by atoms with E-state index in [0.29, 0.717) is 0 Å². The van der Waals surface area contributed by atoms with Gasteiger partial charge < -0.3 is 10.7 Å². The summed E-state index contributed by atoms with van der Waals surface area (Å²) in [4.78, 5) is 17.5. The first-order valence-electron chi connectivity index (χ1n) is 11.3. The third kappa shape index (κ3) is 3.70. The highest BCUT2D eigenvalue weighted by Gasteiger charge is 2.19. The molecule has 4 heterocycles. The van der Waals surface area contributed by atoms with E-state index in [2.05, 4.69) is 33.3 Å². The number of rotatable bonds is 5. The van der Waals surface area contributed by atoms with Crippen LogP contribution in [0.4, 0.5) is 0 Å². The van der Waals surface area contributed by atoms with Gasteiger partial charge >= 0.3 is 0 Å². The Morgan fingerprint density at radius 1 is 1.09 bits per heavy atom. The zero-order valence-corrected chi connectivity index (χ0v) is 18.5. The third-order valence-corrected chi connectivity index (χ3v) is 6.43. The van der Waals surface area contributed by atoms with Gasteiger partial charge in [-0.15, -0.1) is 0 Å². The maximum absolute atomic E-state index is 6.20. The minimum Gasteiger partial charge on any atom is -0.340 e. The first kappa shape index (κ1) is 19.8. The summed E-state index contributed by atoms with van der Waals surface area (Å²) in [5.41, 5.74) is 15.6. The van der Waals surface area contributed by atoms with Crippen LogP contribution in [0.25, 0.3) is 28.3 Å². The number of nitrogens with one attached hydrogen (secondary N) is 1. The molecular weight excluding hydrogens is 410 g/mol. The zero-order valence-electron chi connectivity index (χ0n) is 18.5. The Kier molecular flexibility index (Phi) is 4.77. The molecule has 4 aromatic heterocycles. The van der Waals surface area contributed by atoms with E-state index >= 15 is 0 Å². The second-order valence-electron chi connectivity index (χ2n) is 8.73. The highest BCUT2D eigenvalue weighted by atomic mass is 15.3. The van der Waals surface area contributed by atoms with Crippen molar-refractivity contribution in [2.45, 2.75) is 38.6 Å². The molecule has 0 saturated heterocycles. The number of nitrogens with two attached hydrogens (primary N) is 1. The standard InChI is InChI=1S/C26H25N7/c1-16-3-2-4-22(30-16)26-25(19-8-12-24-28-15-29-33(24)14-19)31-23(32-26)11-6-17-5-9-20-18(13-17)7-10-21(20)27/h2-5,8-9,12-15,21H,6-7,10-11,27H2,1H3,(H,31,32). The number of benzene rings is 1. The van der Waals surface area contributed by atoms with Crippen LogP contribution in [0.5, 0.6) is 0 Å². The van der Waals surface area contributed by atoms with Gasteiger partial charge in [0, 0.05) is 29.9 Å². The van der Waals surface area contributed by atoms with Gasteiger partial charge in [-0.05, 0) is 67.1 Å². The first-order valence-corrected chi connectivity index (χ1v) is 11.3. The fraction of sp³-hybridized carbons (Fsp3) is 0.231. The Balaban J connectivity index is 1.35. The van der Waals surface area contributed by atoms with Crippen LogP contribution in [0, 0.1) is 6.92 Å². The van der Waals surface area contributed by atoms with Crippen molar-refractivity contribution in [3.05, 3.63) is 89.3 Å². The van der Waals surface area contributed by atoms with Gasteiger partial charge in [-0.3, -0.25) is 4.98 Å². The van der Waals surface area contributed by atoms with Crippen molar-refractivity contribution in [3.63, 3.8) is 0 Å². The second-order valence-corrected chi connectivity index (χ2v) is 8.73. The van der Waals surface area contributed by atoms with E-state index in [0.717, 1.165) is 65.5 Å². The Morgan fingerprint density at radius 2 is 2.03 bits per heavy atom. The summed E-state index contributed by atoms with van der Waals surface area (Å²) >= 11 is 0. The van der Waals surface area contributed by atoms with Crippen LogP contribution in [0.15, 0.2) is 61.1 Å². The fourth-order valence-electron chi connectivity index (χ4n) is 4.70. The molecule has 33 heavy (non-hydrogen) atoms. The minimum atomic E-state index is 0.188. The number of imidazole rings is 1. The molecule has 3 N–H and O–H groups in total. The Bertz CT molecular complexity index is 1460. The van der Waals surface area contributed by atoms with Crippen LogP contribution in [0.3, 0.4) is 0 Å². The number of hydrogen-bond donors (Lipinski definition) is 2. The third-order valence-electron chi connectivity index (χ3n) is 6.43. The van der Waals surface area contributed by atoms with Crippen LogP contribution < -0.4 is 5.73 Å². The zero-order chi connectivity index (χ0) is 22.4. The van der Waals surface area contributed by atoms with Crippen molar-refractivity contribution >= 4 is 5.65 Å². The Hall–Kier alpha value is -3.84. The molecule has 0 bridgehead atoms. The average Bonchev–Trinajstić information content (AvgIpc) is 3.55. The van der Waals surface area contributed by atoms with Gasteiger partial charge in [0.2, 0.25) is 0 Å². The molecule has 7 nitrogen and oxygen atoms in total. The van der Waals surface area contributed by atoms with Crippen molar-refractivity contribution < 1.29 is 0 Å². The predicted octanol–water partition coefficient (Wildman–Crippen LogP) is 4.22. The molecule has 0 amide bonds. The van der Waals surface area contributed by atoms with Crippen LogP contribution in [-0.4, -0.2) is 29.5 Å². The highest BCUT2D eigenvalue weighted by Crippen LogP contribution is 2.31. The second kappa shape index (κ2) is 7.94. The van der Waals surface area contributed by atoms with Crippen LogP contribution in [-0.2, 0) is 19.3 Å². The van der Waals surface area contributed by atoms with Gasteiger partial charge in [0.1, 0.15) is 12.2 Å². The Labute approximate surface area is 191 Å². The number of nitrogens with zero attached hydrogens (tertiary/aromatic N) is 5. The molecule has 1 aliphatic carbocycles. The molecule has 7 heteroatoms. The predicted molar refractivity (Wildman–Crippen MR) is 128 cm³/mol. The van der Waals surface area contributed by atoms with E-state index in [-0.39, 0.29) is 6.04 Å². The smallest absolute Gasteiger partial charge is 0.155 e. The van der Waals surface area contributed by atoms with Crippen LogP contribution in [0.1, 0.15) is 40.7 Å². The van der Waals surface area contributed by atoms with E-state index in [9.17, 15) is 0 Å². The van der Waals surface area contributed by atoms with Gasteiger partial charge in [0.25, 0.3) is 0 Å². The molecule has 5 aromatic rings. The lowest BCUT2D eigenvalue weighted by Gasteiger charge is -2.06. The number of aromatic amines is 1. The summed E-state index contributed by atoms with van der Waals surface area (Å²) < 4.78 is 1.77. The molecule has 1 aliphatic rings. The van der Waals surface area contributed by atoms with E-state index < -0.39 is 0 Å². The highest BCUT2D eigenvalue weighted by molar-refractivity contribution is 5.77. The van der Waals surface area contributed by atoms with Crippen molar-refractivity contribution in [3.8, 4) is 22.6 Å². The maximum atomic E-state index is 6.20. The summed E-state index contributed by atoms with van der Waals surface area (Å²) in [5, 5.41) is 4.28. The van der Waals surface area contributed by atoms with Gasteiger partial charge in [0.05, 0.1) is 17.1 Å². The average molecular weight is 436 g/mol. The summed E-state index contributed by atoms with van der Waals surface area (Å²) in [6.07, 6.45) is 7.37. The molecule has 0 aliphatic heterocycles. The molecule has 1 atom stereocenters. The SMILES string of the molecule is Cc1cccc(-c2[nH]c(CCc3ccc4c(c3)CCC4N)nc2-c2ccc3ncnn3c2)n1. The number of hydrogen-bond acceptors (Lipinski definition) is 5. The largest absolute Gasteiger partial charge is 0.340 e. The summed E-state index contributed by atoms with van der Waals surface area (Å²) in [5.74, 6) is 0.944.